The minimum Gasteiger partial charge on any atom is -0.484 e. The van der Waals surface area contributed by atoms with Crippen molar-refractivity contribution in [2.45, 2.75) is 6.92 Å². The van der Waals surface area contributed by atoms with E-state index >= 15 is 0 Å². The normalized spacial score (nSPS) is 10.8. The second kappa shape index (κ2) is 7.40. The molecule has 28 heavy (non-hydrogen) atoms. The summed E-state index contributed by atoms with van der Waals surface area (Å²) in [7, 11) is 0. The molecule has 0 aliphatic rings. The summed E-state index contributed by atoms with van der Waals surface area (Å²) >= 11 is 0. The van der Waals surface area contributed by atoms with E-state index in [-0.39, 0.29) is 12.5 Å². The van der Waals surface area contributed by atoms with Crippen LogP contribution in [-0.2, 0) is 4.79 Å². The molecule has 7 heteroatoms. The molecule has 2 aromatic carbocycles. The average Bonchev–Trinajstić information content (AvgIpc) is 3.07. The van der Waals surface area contributed by atoms with Crippen LogP contribution in [-0.4, -0.2) is 22.3 Å². The number of hydrogen-bond donors (Lipinski definition) is 1. The Morgan fingerprint density at radius 2 is 1.93 bits per heavy atom. The standard InChI is InChI=1S/C21H17N3O4/c1-14-12-22-24(16-5-3-2-4-6-16)21(14)23-19(25)13-27-17-9-7-15-8-10-20(26)28-18(15)11-17/h2-12H,13H2,1H3,(H,23,25). The van der Waals surface area contributed by atoms with Crippen LogP contribution >= 0.6 is 0 Å². The maximum absolute atomic E-state index is 12.4. The molecule has 4 rings (SSSR count). The highest BCUT2D eigenvalue weighted by molar-refractivity contribution is 5.92. The number of carbonyl (C=O) groups is 1. The molecule has 0 bridgehead atoms. The van der Waals surface area contributed by atoms with Gasteiger partial charge in [0.1, 0.15) is 17.2 Å². The van der Waals surface area contributed by atoms with Crippen LogP contribution < -0.4 is 15.7 Å². The summed E-state index contributed by atoms with van der Waals surface area (Å²) in [5.41, 5.74) is 1.65. The Morgan fingerprint density at radius 1 is 1.14 bits per heavy atom. The lowest BCUT2D eigenvalue weighted by atomic mass is 10.2. The number of nitrogens with zero attached hydrogens (tertiary/aromatic N) is 2. The average molecular weight is 375 g/mol. The van der Waals surface area contributed by atoms with Crippen molar-refractivity contribution in [3.63, 3.8) is 0 Å². The quantitative estimate of drug-likeness (QED) is 0.541. The number of fused-ring (bicyclic) bond motifs is 1. The smallest absolute Gasteiger partial charge is 0.336 e. The molecule has 2 heterocycles. The summed E-state index contributed by atoms with van der Waals surface area (Å²) in [6, 6.07) is 17.6. The Hall–Kier alpha value is -3.87. The van der Waals surface area contributed by atoms with E-state index < -0.39 is 5.63 Å². The van der Waals surface area contributed by atoms with E-state index in [0.29, 0.717) is 17.2 Å². The van der Waals surface area contributed by atoms with Gasteiger partial charge in [0.25, 0.3) is 5.91 Å². The van der Waals surface area contributed by atoms with E-state index in [9.17, 15) is 9.59 Å². The fourth-order valence-corrected chi connectivity index (χ4v) is 2.79. The zero-order chi connectivity index (χ0) is 19.5. The van der Waals surface area contributed by atoms with Crippen molar-refractivity contribution >= 4 is 22.7 Å². The van der Waals surface area contributed by atoms with Gasteiger partial charge < -0.3 is 14.5 Å². The second-order valence-corrected chi connectivity index (χ2v) is 6.21. The van der Waals surface area contributed by atoms with E-state index in [1.807, 2.05) is 37.3 Å². The van der Waals surface area contributed by atoms with Gasteiger partial charge in [0, 0.05) is 23.1 Å². The molecule has 7 nitrogen and oxygen atoms in total. The number of amides is 1. The molecule has 0 atom stereocenters. The summed E-state index contributed by atoms with van der Waals surface area (Å²) in [5, 5.41) is 7.93. The van der Waals surface area contributed by atoms with Crippen LogP contribution in [0, 0.1) is 6.92 Å². The third kappa shape index (κ3) is 3.64. The second-order valence-electron chi connectivity index (χ2n) is 6.21. The monoisotopic (exact) mass is 375 g/mol. The first-order chi connectivity index (χ1) is 13.6. The van der Waals surface area contributed by atoms with Gasteiger partial charge in [-0.1, -0.05) is 18.2 Å². The lowest BCUT2D eigenvalue weighted by molar-refractivity contribution is -0.118. The summed E-state index contributed by atoms with van der Waals surface area (Å²) in [5.74, 6) is 0.699. The highest BCUT2D eigenvalue weighted by Gasteiger charge is 2.13. The number of para-hydroxylation sites is 1. The number of rotatable bonds is 5. The summed E-state index contributed by atoms with van der Waals surface area (Å²) in [6.45, 7) is 1.68. The van der Waals surface area contributed by atoms with Gasteiger partial charge in [0.2, 0.25) is 0 Å². The van der Waals surface area contributed by atoms with Crippen LogP contribution in [0.5, 0.6) is 5.75 Å². The van der Waals surface area contributed by atoms with E-state index in [1.165, 1.54) is 6.07 Å². The molecule has 0 saturated heterocycles. The van der Waals surface area contributed by atoms with Gasteiger partial charge in [0.15, 0.2) is 6.61 Å². The minimum atomic E-state index is -0.438. The third-order valence-corrected chi connectivity index (χ3v) is 4.18. The zero-order valence-corrected chi connectivity index (χ0v) is 15.1. The van der Waals surface area contributed by atoms with Crippen LogP contribution in [0.1, 0.15) is 5.56 Å². The largest absolute Gasteiger partial charge is 0.484 e. The molecule has 0 aliphatic carbocycles. The molecule has 1 amide bonds. The number of carbonyl (C=O) groups excluding carboxylic acids is 1. The predicted octanol–water partition coefficient (Wildman–Crippen LogP) is 3.30. The highest BCUT2D eigenvalue weighted by Crippen LogP contribution is 2.21. The van der Waals surface area contributed by atoms with Crippen molar-refractivity contribution < 1.29 is 13.9 Å². The SMILES string of the molecule is Cc1cnn(-c2ccccc2)c1NC(=O)COc1ccc2ccc(=O)oc2c1. The summed E-state index contributed by atoms with van der Waals surface area (Å²) in [4.78, 5) is 23.7. The van der Waals surface area contributed by atoms with E-state index in [2.05, 4.69) is 10.4 Å². The van der Waals surface area contributed by atoms with Gasteiger partial charge in [-0.2, -0.15) is 5.10 Å². The number of nitrogens with one attached hydrogen (secondary N) is 1. The number of anilines is 1. The van der Waals surface area contributed by atoms with Crippen molar-refractivity contribution in [1.82, 2.24) is 9.78 Å². The first-order valence-electron chi connectivity index (χ1n) is 8.67. The van der Waals surface area contributed by atoms with Crippen molar-refractivity contribution in [3.05, 3.63) is 82.8 Å². The third-order valence-electron chi connectivity index (χ3n) is 4.18. The van der Waals surface area contributed by atoms with Crippen LogP contribution in [0.2, 0.25) is 0 Å². The van der Waals surface area contributed by atoms with Gasteiger partial charge >= 0.3 is 5.63 Å². The first kappa shape index (κ1) is 17.5. The van der Waals surface area contributed by atoms with E-state index in [1.54, 1.807) is 35.1 Å². The maximum Gasteiger partial charge on any atom is 0.336 e. The molecule has 4 aromatic rings. The van der Waals surface area contributed by atoms with Crippen molar-refractivity contribution in [3.8, 4) is 11.4 Å². The van der Waals surface area contributed by atoms with Gasteiger partial charge in [-0.25, -0.2) is 9.48 Å². The zero-order valence-electron chi connectivity index (χ0n) is 15.1. The van der Waals surface area contributed by atoms with Crippen molar-refractivity contribution in [1.29, 1.82) is 0 Å². The molecule has 0 unspecified atom stereocenters. The summed E-state index contributed by atoms with van der Waals surface area (Å²) in [6.07, 6.45) is 1.69. The Morgan fingerprint density at radius 3 is 2.75 bits per heavy atom. The summed E-state index contributed by atoms with van der Waals surface area (Å²) < 4.78 is 12.3. The van der Waals surface area contributed by atoms with Crippen LogP contribution in [0.3, 0.4) is 0 Å². The number of aryl methyl sites for hydroxylation is 1. The Kier molecular flexibility index (Phi) is 4.63. The lowest BCUT2D eigenvalue weighted by Crippen LogP contribution is -2.22. The van der Waals surface area contributed by atoms with Gasteiger partial charge in [-0.05, 0) is 37.3 Å². The molecular weight excluding hydrogens is 358 g/mol. The fraction of sp³-hybridized carbons (Fsp3) is 0.0952. The highest BCUT2D eigenvalue weighted by atomic mass is 16.5. The molecule has 0 aliphatic heterocycles. The van der Waals surface area contributed by atoms with Gasteiger partial charge in [-0.15, -0.1) is 0 Å². The Bertz CT molecular complexity index is 1200. The molecule has 0 saturated carbocycles. The lowest BCUT2D eigenvalue weighted by Gasteiger charge is -2.11. The molecule has 1 N–H and O–H groups in total. The van der Waals surface area contributed by atoms with Crippen LogP contribution in [0.4, 0.5) is 5.82 Å². The van der Waals surface area contributed by atoms with Gasteiger partial charge in [0.05, 0.1) is 11.9 Å². The molecule has 140 valence electrons. The number of ether oxygens (including phenoxy) is 1. The van der Waals surface area contributed by atoms with E-state index in [4.69, 9.17) is 9.15 Å². The molecule has 0 spiro atoms. The maximum atomic E-state index is 12.4. The molecule has 0 fully saturated rings. The van der Waals surface area contributed by atoms with Crippen LogP contribution in [0.25, 0.3) is 16.7 Å². The first-order valence-corrected chi connectivity index (χ1v) is 8.67. The minimum absolute atomic E-state index is 0.192. The molecule has 0 radical (unpaired) electrons. The van der Waals surface area contributed by atoms with Crippen LogP contribution in [0.15, 0.2) is 76.1 Å². The number of benzene rings is 2. The van der Waals surface area contributed by atoms with E-state index in [0.717, 1.165) is 16.6 Å². The molecular formula is C21H17N3O4. The Balaban J connectivity index is 1.47. The van der Waals surface area contributed by atoms with Gasteiger partial charge in [-0.3, -0.25) is 4.79 Å². The fourth-order valence-electron chi connectivity index (χ4n) is 2.79. The molecule has 2 aromatic heterocycles. The Labute approximate surface area is 160 Å². The van der Waals surface area contributed by atoms with Crippen molar-refractivity contribution in [2.24, 2.45) is 0 Å². The topological polar surface area (TPSA) is 86.4 Å². The van der Waals surface area contributed by atoms with Crippen molar-refractivity contribution in [2.75, 3.05) is 11.9 Å². The number of aromatic nitrogens is 2. The predicted molar refractivity (Wildman–Crippen MR) is 105 cm³/mol. The number of hydrogen-bond acceptors (Lipinski definition) is 5.